The SMILES string of the molecule is COc1ccc(-c2cc3c(Nc4cc(C(F)(F)F)ccn4)c(CO)cnc3s2)cn1. The highest BCUT2D eigenvalue weighted by atomic mass is 32.1. The monoisotopic (exact) mass is 432 g/mol. The van der Waals surface area contributed by atoms with Crippen molar-refractivity contribution < 1.29 is 23.0 Å². The zero-order valence-electron chi connectivity index (χ0n) is 15.6. The molecule has 4 aromatic rings. The first kappa shape index (κ1) is 20.0. The molecule has 4 heterocycles. The Balaban J connectivity index is 1.77. The Labute approximate surface area is 173 Å². The van der Waals surface area contributed by atoms with Crippen molar-refractivity contribution in [3.8, 4) is 16.3 Å². The number of hydrogen-bond acceptors (Lipinski definition) is 7. The van der Waals surface area contributed by atoms with Crippen molar-refractivity contribution in [2.45, 2.75) is 12.8 Å². The van der Waals surface area contributed by atoms with Gasteiger partial charge in [0.25, 0.3) is 0 Å². The Bertz CT molecular complexity index is 1190. The molecule has 0 spiro atoms. The van der Waals surface area contributed by atoms with E-state index in [9.17, 15) is 18.3 Å². The lowest BCUT2D eigenvalue weighted by Gasteiger charge is -2.13. The van der Waals surface area contributed by atoms with E-state index in [0.717, 1.165) is 28.8 Å². The van der Waals surface area contributed by atoms with Gasteiger partial charge in [0.1, 0.15) is 10.6 Å². The summed E-state index contributed by atoms with van der Waals surface area (Å²) in [5.74, 6) is 0.504. The van der Waals surface area contributed by atoms with E-state index in [4.69, 9.17) is 4.74 Å². The van der Waals surface area contributed by atoms with Crippen LogP contribution in [0.5, 0.6) is 5.88 Å². The highest BCUT2D eigenvalue weighted by molar-refractivity contribution is 7.21. The third-order valence-corrected chi connectivity index (χ3v) is 5.47. The van der Waals surface area contributed by atoms with Crippen LogP contribution >= 0.6 is 11.3 Å². The molecule has 0 unspecified atom stereocenters. The van der Waals surface area contributed by atoms with Crippen LogP contribution in [0.25, 0.3) is 20.7 Å². The van der Waals surface area contributed by atoms with Gasteiger partial charge in [-0.2, -0.15) is 13.2 Å². The van der Waals surface area contributed by atoms with Crippen LogP contribution in [-0.4, -0.2) is 27.2 Å². The maximum Gasteiger partial charge on any atom is 0.416 e. The van der Waals surface area contributed by atoms with Crippen molar-refractivity contribution in [1.82, 2.24) is 15.0 Å². The lowest BCUT2D eigenvalue weighted by molar-refractivity contribution is -0.137. The molecule has 0 fully saturated rings. The average molecular weight is 432 g/mol. The number of anilines is 2. The van der Waals surface area contributed by atoms with Crippen molar-refractivity contribution in [3.63, 3.8) is 0 Å². The van der Waals surface area contributed by atoms with Gasteiger partial charge < -0.3 is 15.2 Å². The molecule has 6 nitrogen and oxygen atoms in total. The van der Waals surface area contributed by atoms with Crippen molar-refractivity contribution >= 4 is 33.1 Å². The third-order valence-electron chi connectivity index (χ3n) is 4.38. The number of aromatic nitrogens is 3. The minimum Gasteiger partial charge on any atom is -0.481 e. The normalized spacial score (nSPS) is 11.6. The molecule has 0 radical (unpaired) electrons. The third kappa shape index (κ3) is 3.91. The van der Waals surface area contributed by atoms with Gasteiger partial charge in [0.05, 0.1) is 25.0 Å². The van der Waals surface area contributed by atoms with E-state index in [-0.39, 0.29) is 12.4 Å². The molecule has 154 valence electrons. The molecule has 10 heteroatoms. The molecular weight excluding hydrogens is 417 g/mol. The second kappa shape index (κ2) is 7.88. The van der Waals surface area contributed by atoms with Crippen molar-refractivity contribution in [2.24, 2.45) is 0 Å². The smallest absolute Gasteiger partial charge is 0.416 e. The largest absolute Gasteiger partial charge is 0.481 e. The topological polar surface area (TPSA) is 80.2 Å². The predicted molar refractivity (Wildman–Crippen MR) is 108 cm³/mol. The second-order valence-electron chi connectivity index (χ2n) is 6.29. The number of pyridine rings is 3. The standard InChI is InChI=1S/C20H15F3N4O2S/c1-29-17-3-2-11(8-25-17)15-7-14-18(12(10-28)9-26-19(14)30-15)27-16-6-13(4-5-24-16)20(21,22)23/h2-9,28H,10H2,1H3,(H,24,26,27). The number of hydrogen-bond donors (Lipinski definition) is 2. The fraction of sp³-hybridized carbons (Fsp3) is 0.150. The highest BCUT2D eigenvalue weighted by Gasteiger charge is 2.30. The summed E-state index contributed by atoms with van der Waals surface area (Å²) >= 11 is 1.40. The zero-order valence-corrected chi connectivity index (χ0v) is 16.4. The fourth-order valence-electron chi connectivity index (χ4n) is 2.89. The molecule has 0 saturated carbocycles. The van der Waals surface area contributed by atoms with Crippen LogP contribution in [-0.2, 0) is 12.8 Å². The Kier molecular flexibility index (Phi) is 5.27. The maximum absolute atomic E-state index is 13.0. The van der Waals surface area contributed by atoms with Crippen LogP contribution in [0.1, 0.15) is 11.1 Å². The first-order valence-corrected chi connectivity index (χ1v) is 9.53. The van der Waals surface area contributed by atoms with Gasteiger partial charge in [-0.3, -0.25) is 0 Å². The molecule has 0 aliphatic rings. The van der Waals surface area contributed by atoms with Gasteiger partial charge in [-0.25, -0.2) is 15.0 Å². The van der Waals surface area contributed by atoms with E-state index in [1.165, 1.54) is 24.6 Å². The van der Waals surface area contributed by atoms with Crippen LogP contribution in [0.15, 0.2) is 48.9 Å². The molecule has 0 amide bonds. The minimum atomic E-state index is -4.48. The van der Waals surface area contributed by atoms with E-state index < -0.39 is 11.7 Å². The number of halogens is 3. The number of thiophene rings is 1. The van der Waals surface area contributed by atoms with E-state index in [1.807, 2.05) is 12.1 Å². The van der Waals surface area contributed by atoms with Crippen molar-refractivity contribution in [1.29, 1.82) is 0 Å². The number of aliphatic hydroxyl groups is 1. The molecule has 30 heavy (non-hydrogen) atoms. The van der Waals surface area contributed by atoms with E-state index >= 15 is 0 Å². The maximum atomic E-state index is 13.0. The number of ether oxygens (including phenoxy) is 1. The van der Waals surface area contributed by atoms with Crippen molar-refractivity contribution in [3.05, 3.63) is 60.0 Å². The molecule has 0 saturated heterocycles. The molecule has 0 aliphatic carbocycles. The molecule has 4 aromatic heterocycles. The summed E-state index contributed by atoms with van der Waals surface area (Å²) in [5, 5.41) is 13.3. The van der Waals surface area contributed by atoms with E-state index in [2.05, 4.69) is 20.3 Å². The molecule has 4 rings (SSSR count). The Morgan fingerprint density at radius 1 is 1.10 bits per heavy atom. The van der Waals surface area contributed by atoms with Crippen LogP contribution in [0.3, 0.4) is 0 Å². The Morgan fingerprint density at radius 2 is 1.93 bits per heavy atom. The van der Waals surface area contributed by atoms with Gasteiger partial charge in [-0.05, 0) is 24.3 Å². The average Bonchev–Trinajstić information content (AvgIpc) is 3.18. The minimum absolute atomic E-state index is 0.0193. The van der Waals surface area contributed by atoms with Crippen LogP contribution in [0.4, 0.5) is 24.7 Å². The molecule has 2 N–H and O–H groups in total. The number of nitrogens with zero attached hydrogens (tertiary/aromatic N) is 3. The molecule has 0 aromatic carbocycles. The number of nitrogens with one attached hydrogen (secondary N) is 1. The van der Waals surface area contributed by atoms with Gasteiger partial charge in [0, 0.05) is 46.0 Å². The van der Waals surface area contributed by atoms with Gasteiger partial charge >= 0.3 is 6.18 Å². The predicted octanol–water partition coefficient (Wildman–Crippen LogP) is 5.02. The lowest BCUT2D eigenvalue weighted by Crippen LogP contribution is -2.06. The van der Waals surface area contributed by atoms with Gasteiger partial charge in [0.2, 0.25) is 5.88 Å². The first-order valence-electron chi connectivity index (χ1n) is 8.72. The number of methoxy groups -OCH3 is 1. The molecular formula is C20H15F3N4O2S. The summed E-state index contributed by atoms with van der Waals surface area (Å²) in [6.07, 6.45) is -0.239. The number of alkyl halides is 3. The van der Waals surface area contributed by atoms with Crippen LogP contribution < -0.4 is 10.1 Å². The summed E-state index contributed by atoms with van der Waals surface area (Å²) in [7, 11) is 1.53. The second-order valence-corrected chi connectivity index (χ2v) is 7.32. The number of rotatable bonds is 5. The van der Waals surface area contributed by atoms with Crippen LogP contribution in [0, 0.1) is 0 Å². The van der Waals surface area contributed by atoms with E-state index in [0.29, 0.717) is 27.3 Å². The summed E-state index contributed by atoms with van der Waals surface area (Å²) in [6, 6.07) is 7.27. The van der Waals surface area contributed by atoms with Gasteiger partial charge in [-0.1, -0.05) is 0 Å². The quantitative estimate of drug-likeness (QED) is 0.461. The summed E-state index contributed by atoms with van der Waals surface area (Å²) < 4.78 is 44.2. The first-order chi connectivity index (χ1) is 14.4. The van der Waals surface area contributed by atoms with Crippen LogP contribution in [0.2, 0.25) is 0 Å². The number of fused-ring (bicyclic) bond motifs is 1. The summed E-state index contributed by atoms with van der Waals surface area (Å²) in [6.45, 7) is -0.334. The van der Waals surface area contributed by atoms with E-state index in [1.54, 1.807) is 12.3 Å². The molecule has 0 atom stereocenters. The molecule has 0 bridgehead atoms. The Hall–Kier alpha value is -3.24. The summed E-state index contributed by atoms with van der Waals surface area (Å²) in [4.78, 5) is 14.1. The number of aliphatic hydroxyl groups excluding tert-OH is 1. The van der Waals surface area contributed by atoms with Gasteiger partial charge in [-0.15, -0.1) is 11.3 Å². The molecule has 0 aliphatic heterocycles. The zero-order chi connectivity index (χ0) is 21.3. The van der Waals surface area contributed by atoms with Gasteiger partial charge in [0.15, 0.2) is 0 Å². The van der Waals surface area contributed by atoms with Crippen molar-refractivity contribution in [2.75, 3.05) is 12.4 Å². The Morgan fingerprint density at radius 3 is 2.60 bits per heavy atom. The summed E-state index contributed by atoms with van der Waals surface area (Å²) in [5.41, 5.74) is 0.927. The highest BCUT2D eigenvalue weighted by Crippen LogP contribution is 2.39. The fourth-order valence-corrected chi connectivity index (χ4v) is 3.89. The lowest BCUT2D eigenvalue weighted by atomic mass is 10.1.